The second kappa shape index (κ2) is 16.9. The Balaban J connectivity index is 1.84. The molecule has 2 amide bonds. The van der Waals surface area contributed by atoms with Gasteiger partial charge in [0.2, 0.25) is 11.8 Å². The first-order valence-electron chi connectivity index (χ1n) is 15.1. The lowest BCUT2D eigenvalue weighted by Gasteiger charge is -2.34. The van der Waals surface area contributed by atoms with Crippen molar-refractivity contribution >= 4 is 62.3 Å². The minimum Gasteiger partial charge on any atom is -0.492 e. The number of ether oxygens (including phenoxy) is 1. The van der Waals surface area contributed by atoms with Gasteiger partial charge in [-0.2, -0.15) is 0 Å². The molecule has 0 aliphatic rings. The number of nitrogens with one attached hydrogen (secondary N) is 1. The van der Waals surface area contributed by atoms with E-state index in [1.807, 2.05) is 37.3 Å². The molecule has 1 unspecified atom stereocenters. The fourth-order valence-corrected chi connectivity index (χ4v) is 6.81. The summed E-state index contributed by atoms with van der Waals surface area (Å²) in [7, 11) is -4.34. The Hall–Kier alpha value is -3.76. The molecular weight excluding hydrogens is 681 g/mol. The smallest absolute Gasteiger partial charge is 0.264 e. The molecule has 4 aromatic carbocycles. The number of para-hydroxylation sites is 2. The highest BCUT2D eigenvalue weighted by atomic mass is 35.5. The quantitative estimate of drug-likeness (QED) is 0.138. The van der Waals surface area contributed by atoms with Crippen LogP contribution in [0.1, 0.15) is 31.4 Å². The number of sulfonamides is 1. The van der Waals surface area contributed by atoms with Gasteiger partial charge < -0.3 is 15.0 Å². The van der Waals surface area contributed by atoms with Crippen molar-refractivity contribution in [2.24, 2.45) is 0 Å². The first-order valence-corrected chi connectivity index (χ1v) is 17.7. The van der Waals surface area contributed by atoms with Crippen molar-refractivity contribution in [2.75, 3.05) is 24.0 Å². The van der Waals surface area contributed by atoms with E-state index in [1.54, 1.807) is 49.4 Å². The van der Waals surface area contributed by atoms with Crippen molar-refractivity contribution in [3.05, 3.63) is 123 Å². The van der Waals surface area contributed by atoms with Crippen LogP contribution in [-0.4, -0.2) is 50.9 Å². The monoisotopic (exact) mass is 715 g/mol. The molecule has 4 rings (SSSR count). The summed E-state index contributed by atoms with van der Waals surface area (Å²) in [5.74, 6) is -0.712. The third kappa shape index (κ3) is 9.41. The summed E-state index contributed by atoms with van der Waals surface area (Å²) in [5, 5.41) is 3.90. The van der Waals surface area contributed by atoms with Crippen LogP contribution in [0.25, 0.3) is 0 Å². The number of amides is 2. The Bertz CT molecular complexity index is 1770. The van der Waals surface area contributed by atoms with Crippen LogP contribution in [0.5, 0.6) is 5.75 Å². The standard InChI is InChI=1S/C35H36Cl3N3O5S/c1-3-20-39-35(43)32(22-25-10-6-5-7-11-25)40(23-26-14-19-29(37)30(38)21-26)34(42)24-41(31-12-8-9-13-33(31)46-4-2)47(44,45)28-17-15-27(36)16-18-28/h5-19,21,32H,3-4,20,22-24H2,1-2H3,(H,39,43). The summed E-state index contributed by atoms with van der Waals surface area (Å²) in [6.45, 7) is 3.69. The van der Waals surface area contributed by atoms with Crippen LogP contribution in [0.4, 0.5) is 5.69 Å². The van der Waals surface area contributed by atoms with Gasteiger partial charge in [0.15, 0.2) is 0 Å². The van der Waals surface area contributed by atoms with E-state index in [2.05, 4.69) is 5.32 Å². The van der Waals surface area contributed by atoms with Crippen molar-refractivity contribution in [1.29, 1.82) is 0 Å². The zero-order valence-corrected chi connectivity index (χ0v) is 29.1. The molecule has 0 aliphatic heterocycles. The van der Waals surface area contributed by atoms with Gasteiger partial charge in [0.1, 0.15) is 18.3 Å². The highest BCUT2D eigenvalue weighted by Gasteiger charge is 2.35. The van der Waals surface area contributed by atoms with E-state index in [1.165, 1.54) is 29.2 Å². The maximum atomic E-state index is 14.6. The van der Waals surface area contributed by atoms with Crippen molar-refractivity contribution in [2.45, 2.75) is 44.2 Å². The van der Waals surface area contributed by atoms with Crippen LogP contribution in [0, 0.1) is 0 Å². The average Bonchev–Trinajstić information content (AvgIpc) is 3.06. The number of benzene rings is 4. The minimum atomic E-state index is -4.34. The second-order valence-corrected chi connectivity index (χ2v) is 13.7. The number of hydrogen-bond acceptors (Lipinski definition) is 5. The molecule has 8 nitrogen and oxygen atoms in total. The fourth-order valence-electron chi connectivity index (χ4n) is 4.94. The first-order chi connectivity index (χ1) is 22.5. The van der Waals surface area contributed by atoms with Gasteiger partial charge in [0, 0.05) is 24.5 Å². The number of anilines is 1. The molecule has 0 saturated carbocycles. The van der Waals surface area contributed by atoms with Crippen LogP contribution < -0.4 is 14.4 Å². The third-order valence-corrected chi connectivity index (χ3v) is 10.0. The van der Waals surface area contributed by atoms with Crippen LogP contribution in [0.2, 0.25) is 15.1 Å². The van der Waals surface area contributed by atoms with Crippen molar-refractivity contribution < 1.29 is 22.7 Å². The summed E-state index contributed by atoms with van der Waals surface area (Å²) in [6, 6.07) is 25.6. The van der Waals surface area contributed by atoms with E-state index in [0.29, 0.717) is 28.6 Å². The van der Waals surface area contributed by atoms with Gasteiger partial charge in [-0.15, -0.1) is 0 Å². The van der Waals surface area contributed by atoms with Gasteiger partial charge in [-0.05, 0) is 73.0 Å². The van der Waals surface area contributed by atoms with Gasteiger partial charge in [0.25, 0.3) is 10.0 Å². The lowest BCUT2D eigenvalue weighted by Crippen LogP contribution is -2.53. The van der Waals surface area contributed by atoms with E-state index >= 15 is 0 Å². The molecule has 0 heterocycles. The number of hydrogen-bond donors (Lipinski definition) is 1. The van der Waals surface area contributed by atoms with Crippen molar-refractivity contribution in [3.8, 4) is 5.75 Å². The SMILES string of the molecule is CCCNC(=O)C(Cc1ccccc1)N(Cc1ccc(Cl)c(Cl)c1)C(=O)CN(c1ccccc1OCC)S(=O)(=O)c1ccc(Cl)cc1. The third-order valence-electron chi connectivity index (χ3n) is 7.27. The molecule has 0 fully saturated rings. The molecular formula is C35H36Cl3N3O5S. The summed E-state index contributed by atoms with van der Waals surface area (Å²) in [6.07, 6.45) is 0.870. The lowest BCUT2D eigenvalue weighted by molar-refractivity contribution is -0.140. The molecule has 0 saturated heterocycles. The van der Waals surface area contributed by atoms with Crippen LogP contribution in [0.15, 0.2) is 102 Å². The zero-order chi connectivity index (χ0) is 34.0. The Morgan fingerprint density at radius 3 is 2.17 bits per heavy atom. The lowest BCUT2D eigenvalue weighted by atomic mass is 10.0. The molecule has 12 heteroatoms. The molecule has 0 spiro atoms. The van der Waals surface area contributed by atoms with Gasteiger partial charge >= 0.3 is 0 Å². The van der Waals surface area contributed by atoms with E-state index < -0.39 is 28.5 Å². The van der Waals surface area contributed by atoms with Crippen LogP contribution in [-0.2, 0) is 32.6 Å². The van der Waals surface area contributed by atoms with Crippen molar-refractivity contribution in [3.63, 3.8) is 0 Å². The number of carbonyl (C=O) groups excluding carboxylic acids is 2. The number of carbonyl (C=O) groups is 2. The van der Waals surface area contributed by atoms with Crippen LogP contribution >= 0.6 is 34.8 Å². The molecule has 0 aromatic heterocycles. The minimum absolute atomic E-state index is 0.0469. The van der Waals surface area contributed by atoms with E-state index in [0.717, 1.165) is 9.87 Å². The van der Waals surface area contributed by atoms with E-state index in [9.17, 15) is 18.0 Å². The molecule has 0 radical (unpaired) electrons. The normalized spacial score (nSPS) is 11.9. The average molecular weight is 717 g/mol. The van der Waals surface area contributed by atoms with E-state index in [-0.39, 0.29) is 46.8 Å². The second-order valence-electron chi connectivity index (χ2n) is 10.6. The van der Waals surface area contributed by atoms with Gasteiger partial charge in [-0.1, -0.05) is 90.3 Å². The summed E-state index contributed by atoms with van der Waals surface area (Å²) < 4.78 is 35.4. The molecule has 1 N–H and O–H groups in total. The number of halogens is 3. The van der Waals surface area contributed by atoms with Gasteiger partial charge in [-0.3, -0.25) is 13.9 Å². The highest BCUT2D eigenvalue weighted by Crippen LogP contribution is 2.33. The Morgan fingerprint density at radius 1 is 0.830 bits per heavy atom. The van der Waals surface area contributed by atoms with Crippen molar-refractivity contribution in [1.82, 2.24) is 10.2 Å². The molecule has 1 atom stereocenters. The summed E-state index contributed by atoms with van der Waals surface area (Å²) >= 11 is 18.6. The first kappa shape index (κ1) is 36.1. The van der Waals surface area contributed by atoms with Gasteiger partial charge in [-0.25, -0.2) is 8.42 Å². The molecule has 248 valence electrons. The fraction of sp³-hybridized carbons (Fsp3) is 0.257. The number of rotatable bonds is 15. The highest BCUT2D eigenvalue weighted by molar-refractivity contribution is 7.92. The molecule has 0 bridgehead atoms. The molecule has 0 aliphatic carbocycles. The maximum Gasteiger partial charge on any atom is 0.264 e. The molecule has 47 heavy (non-hydrogen) atoms. The molecule has 4 aromatic rings. The number of nitrogens with zero attached hydrogens (tertiary/aromatic N) is 2. The largest absolute Gasteiger partial charge is 0.492 e. The summed E-state index contributed by atoms with van der Waals surface area (Å²) in [4.78, 5) is 29.7. The van der Waals surface area contributed by atoms with Crippen LogP contribution in [0.3, 0.4) is 0 Å². The Morgan fingerprint density at radius 2 is 1.51 bits per heavy atom. The summed E-state index contributed by atoms with van der Waals surface area (Å²) in [5.41, 5.74) is 1.60. The predicted molar refractivity (Wildman–Crippen MR) is 188 cm³/mol. The zero-order valence-electron chi connectivity index (χ0n) is 26.0. The Labute approximate surface area is 291 Å². The maximum absolute atomic E-state index is 14.6. The predicted octanol–water partition coefficient (Wildman–Crippen LogP) is 7.41. The van der Waals surface area contributed by atoms with E-state index in [4.69, 9.17) is 39.5 Å². The van der Waals surface area contributed by atoms with Gasteiger partial charge in [0.05, 0.1) is 27.2 Å². The Kier molecular flexibility index (Phi) is 13.0. The topological polar surface area (TPSA) is 96.0 Å².